The molecule has 136 valence electrons. The van der Waals surface area contributed by atoms with E-state index in [0.29, 0.717) is 13.0 Å². The van der Waals surface area contributed by atoms with Gasteiger partial charge in [-0.05, 0) is 26.2 Å². The van der Waals surface area contributed by atoms with Gasteiger partial charge in [-0.15, -0.1) is 0 Å². The summed E-state index contributed by atoms with van der Waals surface area (Å²) in [5.74, 6) is -0.0810. The minimum absolute atomic E-state index is 0.0810. The maximum atomic E-state index is 11.1. The van der Waals surface area contributed by atoms with Crippen LogP contribution in [-0.2, 0) is 9.53 Å². The molecule has 0 aromatic rings. The summed E-state index contributed by atoms with van der Waals surface area (Å²) in [7, 11) is 0. The van der Waals surface area contributed by atoms with Crippen LogP contribution in [-0.4, -0.2) is 12.6 Å². The molecule has 0 fully saturated rings. The molecule has 0 unspecified atom stereocenters. The lowest BCUT2D eigenvalue weighted by molar-refractivity contribution is -0.142. The van der Waals surface area contributed by atoms with Crippen LogP contribution in [0.5, 0.6) is 0 Å². The number of rotatable bonds is 17. The van der Waals surface area contributed by atoms with E-state index in [4.69, 9.17) is 4.74 Å². The van der Waals surface area contributed by atoms with Gasteiger partial charge in [0.05, 0.1) is 6.61 Å². The summed E-state index contributed by atoms with van der Waals surface area (Å²) in [6.07, 6.45) is 23.6. The molecule has 0 aliphatic carbocycles. The molecule has 0 radical (unpaired) electrons. The van der Waals surface area contributed by atoms with Crippen LogP contribution in [0.3, 0.4) is 0 Å². The molecule has 0 aliphatic heterocycles. The number of esters is 1. The van der Waals surface area contributed by atoms with Crippen molar-refractivity contribution in [1.82, 2.24) is 0 Å². The molecule has 2 heteroatoms. The molecule has 0 aromatic carbocycles. The first-order valence-electron chi connectivity index (χ1n) is 10.1. The molecule has 0 N–H and O–H groups in total. The van der Waals surface area contributed by atoms with Crippen LogP contribution >= 0.6 is 0 Å². The first-order chi connectivity index (χ1) is 11.3. The predicted octanol–water partition coefficient (Wildman–Crippen LogP) is 6.98. The van der Waals surface area contributed by atoms with E-state index in [0.717, 1.165) is 12.8 Å². The zero-order valence-electron chi connectivity index (χ0n) is 15.8. The summed E-state index contributed by atoms with van der Waals surface area (Å²) in [4.78, 5) is 11.1. The van der Waals surface area contributed by atoms with E-state index in [1.807, 2.05) is 6.92 Å². The van der Waals surface area contributed by atoms with Crippen molar-refractivity contribution in [3.05, 3.63) is 12.2 Å². The van der Waals surface area contributed by atoms with Gasteiger partial charge in [0, 0.05) is 6.42 Å². The van der Waals surface area contributed by atoms with Crippen molar-refractivity contribution in [2.75, 3.05) is 6.61 Å². The molecule has 23 heavy (non-hydrogen) atoms. The number of unbranched alkanes of at least 4 members (excludes halogenated alkanes) is 12. The standard InChI is InChI=1S/C21H40O2/c1-3-5-6-7-8-9-10-11-12-13-14-15-16-17-18-19-20-21(22)23-4-2/h17-18H,3-16,19-20H2,1-2H3/b18-17+. The van der Waals surface area contributed by atoms with Crippen molar-refractivity contribution in [3.63, 3.8) is 0 Å². The van der Waals surface area contributed by atoms with Gasteiger partial charge in [-0.25, -0.2) is 0 Å². The van der Waals surface area contributed by atoms with Crippen LogP contribution in [0.25, 0.3) is 0 Å². The molecule has 0 aromatic heterocycles. The Morgan fingerprint density at radius 2 is 1.17 bits per heavy atom. The molecule has 0 saturated carbocycles. The average molecular weight is 325 g/mol. The highest BCUT2D eigenvalue weighted by molar-refractivity contribution is 5.69. The highest BCUT2D eigenvalue weighted by Crippen LogP contribution is 2.12. The average Bonchev–Trinajstić information content (AvgIpc) is 2.54. The van der Waals surface area contributed by atoms with Crippen molar-refractivity contribution < 1.29 is 9.53 Å². The Hall–Kier alpha value is -0.790. The molecule has 0 rings (SSSR count). The zero-order chi connectivity index (χ0) is 17.0. The first kappa shape index (κ1) is 22.2. The van der Waals surface area contributed by atoms with Crippen LogP contribution < -0.4 is 0 Å². The van der Waals surface area contributed by atoms with Crippen molar-refractivity contribution in [2.45, 2.75) is 110 Å². The lowest BCUT2D eigenvalue weighted by Crippen LogP contribution is -2.02. The van der Waals surface area contributed by atoms with Crippen LogP contribution in [0.15, 0.2) is 12.2 Å². The molecule has 0 saturated heterocycles. The summed E-state index contributed by atoms with van der Waals surface area (Å²) < 4.78 is 4.89. The Balaban J connectivity index is 3.11. The van der Waals surface area contributed by atoms with Gasteiger partial charge in [0.1, 0.15) is 0 Å². The van der Waals surface area contributed by atoms with Crippen molar-refractivity contribution in [1.29, 1.82) is 0 Å². The second kappa shape index (κ2) is 19.3. The molecule has 0 spiro atoms. The van der Waals surface area contributed by atoms with Gasteiger partial charge in [-0.1, -0.05) is 89.7 Å². The molecule has 0 heterocycles. The molecule has 0 amide bonds. The van der Waals surface area contributed by atoms with E-state index in [-0.39, 0.29) is 5.97 Å². The third-order valence-corrected chi connectivity index (χ3v) is 4.21. The normalized spacial score (nSPS) is 11.2. The van der Waals surface area contributed by atoms with E-state index in [9.17, 15) is 4.79 Å². The second-order valence-electron chi connectivity index (χ2n) is 6.49. The summed E-state index contributed by atoms with van der Waals surface area (Å²) in [6.45, 7) is 4.61. The van der Waals surface area contributed by atoms with E-state index in [1.165, 1.54) is 77.0 Å². The molecular weight excluding hydrogens is 284 g/mol. The minimum atomic E-state index is -0.0810. The smallest absolute Gasteiger partial charge is 0.306 e. The predicted molar refractivity (Wildman–Crippen MR) is 101 cm³/mol. The van der Waals surface area contributed by atoms with Gasteiger partial charge >= 0.3 is 5.97 Å². The largest absolute Gasteiger partial charge is 0.466 e. The second-order valence-corrected chi connectivity index (χ2v) is 6.49. The number of allylic oxidation sites excluding steroid dienone is 2. The van der Waals surface area contributed by atoms with Crippen LogP contribution in [0.1, 0.15) is 110 Å². The molecule has 0 aliphatic rings. The maximum absolute atomic E-state index is 11.1. The van der Waals surface area contributed by atoms with Gasteiger partial charge < -0.3 is 4.74 Å². The fourth-order valence-corrected chi connectivity index (χ4v) is 2.77. The van der Waals surface area contributed by atoms with Crippen molar-refractivity contribution in [2.24, 2.45) is 0 Å². The quantitative estimate of drug-likeness (QED) is 0.164. The maximum Gasteiger partial charge on any atom is 0.306 e. The van der Waals surface area contributed by atoms with Crippen LogP contribution in [0.4, 0.5) is 0 Å². The Morgan fingerprint density at radius 1 is 0.696 bits per heavy atom. The van der Waals surface area contributed by atoms with Gasteiger partial charge in [0.2, 0.25) is 0 Å². The summed E-state index contributed by atoms with van der Waals surface area (Å²) in [5.41, 5.74) is 0. The van der Waals surface area contributed by atoms with E-state index in [1.54, 1.807) is 0 Å². The number of hydrogen-bond acceptors (Lipinski definition) is 2. The van der Waals surface area contributed by atoms with E-state index < -0.39 is 0 Å². The fraction of sp³-hybridized carbons (Fsp3) is 0.857. The lowest BCUT2D eigenvalue weighted by Gasteiger charge is -2.02. The first-order valence-corrected chi connectivity index (χ1v) is 10.1. The van der Waals surface area contributed by atoms with Gasteiger partial charge in [0.25, 0.3) is 0 Å². The minimum Gasteiger partial charge on any atom is -0.466 e. The lowest BCUT2D eigenvalue weighted by atomic mass is 10.0. The van der Waals surface area contributed by atoms with Crippen LogP contribution in [0, 0.1) is 0 Å². The van der Waals surface area contributed by atoms with E-state index in [2.05, 4.69) is 19.1 Å². The molecule has 2 nitrogen and oxygen atoms in total. The van der Waals surface area contributed by atoms with Crippen LogP contribution in [0.2, 0.25) is 0 Å². The van der Waals surface area contributed by atoms with Gasteiger partial charge in [-0.2, -0.15) is 0 Å². The topological polar surface area (TPSA) is 26.3 Å². The SMILES string of the molecule is CCCCCCCCCCCCCC/C=C/CCC(=O)OCC. The molecular formula is C21H40O2. The van der Waals surface area contributed by atoms with Crippen molar-refractivity contribution >= 4 is 5.97 Å². The Bertz CT molecular complexity index is 271. The highest BCUT2D eigenvalue weighted by atomic mass is 16.5. The Kier molecular flexibility index (Phi) is 18.6. The number of carbonyl (C=O) groups is 1. The van der Waals surface area contributed by atoms with Crippen molar-refractivity contribution in [3.8, 4) is 0 Å². The van der Waals surface area contributed by atoms with Gasteiger partial charge in [0.15, 0.2) is 0 Å². The number of carbonyl (C=O) groups excluding carboxylic acids is 1. The van der Waals surface area contributed by atoms with E-state index >= 15 is 0 Å². The number of hydrogen-bond donors (Lipinski definition) is 0. The monoisotopic (exact) mass is 324 g/mol. The van der Waals surface area contributed by atoms with Gasteiger partial charge in [-0.3, -0.25) is 4.79 Å². The Labute approximate surface area is 145 Å². The summed E-state index contributed by atoms with van der Waals surface area (Å²) >= 11 is 0. The Morgan fingerprint density at radius 3 is 1.70 bits per heavy atom. The zero-order valence-corrected chi connectivity index (χ0v) is 15.8. The molecule has 0 bridgehead atoms. The summed E-state index contributed by atoms with van der Waals surface area (Å²) in [5, 5.41) is 0. The summed E-state index contributed by atoms with van der Waals surface area (Å²) in [6, 6.07) is 0. The number of ether oxygens (including phenoxy) is 1. The highest BCUT2D eigenvalue weighted by Gasteiger charge is 1.97. The molecule has 0 atom stereocenters. The fourth-order valence-electron chi connectivity index (χ4n) is 2.77. The third-order valence-electron chi connectivity index (χ3n) is 4.21. The third kappa shape index (κ3) is 19.2.